The summed E-state index contributed by atoms with van der Waals surface area (Å²) in [5.74, 6) is 0.435. The maximum Gasteiger partial charge on any atom is 0.261 e. The molecule has 3 aromatic rings. The van der Waals surface area contributed by atoms with Crippen LogP contribution in [-0.4, -0.2) is 29.0 Å². The van der Waals surface area contributed by atoms with Gasteiger partial charge in [-0.25, -0.2) is 8.42 Å². The normalized spacial score (nSPS) is 11.4. The molecule has 9 heteroatoms. The molecule has 118 valence electrons. The summed E-state index contributed by atoms with van der Waals surface area (Å²) < 4.78 is 27.2. The first-order valence-corrected chi connectivity index (χ1v) is 8.45. The van der Waals surface area contributed by atoms with Crippen LogP contribution in [-0.2, 0) is 10.0 Å². The summed E-state index contributed by atoms with van der Waals surface area (Å²) in [6.45, 7) is 1.81. The molecule has 23 heavy (non-hydrogen) atoms. The van der Waals surface area contributed by atoms with Crippen molar-refractivity contribution in [1.82, 2.24) is 20.6 Å². The molecule has 0 saturated carbocycles. The predicted molar refractivity (Wildman–Crippen MR) is 86.6 cm³/mol. The van der Waals surface area contributed by atoms with Gasteiger partial charge in [-0.3, -0.25) is 4.72 Å². The van der Waals surface area contributed by atoms with Gasteiger partial charge in [-0.15, -0.1) is 10.2 Å². The van der Waals surface area contributed by atoms with Crippen LogP contribution >= 0.6 is 11.6 Å². The van der Waals surface area contributed by atoms with E-state index < -0.39 is 10.0 Å². The Morgan fingerprint density at radius 2 is 1.87 bits per heavy atom. The molecular weight excluding hydrogens is 338 g/mol. The van der Waals surface area contributed by atoms with Crippen LogP contribution in [0.5, 0.6) is 0 Å². The number of tetrazole rings is 1. The number of sulfonamides is 1. The molecule has 1 heterocycles. The molecule has 7 nitrogen and oxygen atoms in total. The van der Waals surface area contributed by atoms with Crippen LogP contribution in [0.3, 0.4) is 0 Å². The van der Waals surface area contributed by atoms with E-state index in [1.54, 1.807) is 30.3 Å². The van der Waals surface area contributed by atoms with Crippen LogP contribution in [0.25, 0.3) is 11.4 Å². The van der Waals surface area contributed by atoms with Crippen molar-refractivity contribution in [2.24, 2.45) is 0 Å². The van der Waals surface area contributed by atoms with E-state index in [1.165, 1.54) is 12.1 Å². The number of nitrogens with one attached hydrogen (secondary N) is 2. The lowest BCUT2D eigenvalue weighted by atomic mass is 10.2. The van der Waals surface area contributed by atoms with Crippen LogP contribution in [0.2, 0.25) is 5.02 Å². The van der Waals surface area contributed by atoms with Crippen molar-refractivity contribution < 1.29 is 8.42 Å². The highest BCUT2D eigenvalue weighted by Crippen LogP contribution is 2.23. The molecule has 2 aromatic carbocycles. The third-order valence-corrected chi connectivity index (χ3v) is 4.98. The van der Waals surface area contributed by atoms with Crippen LogP contribution < -0.4 is 4.72 Å². The molecule has 3 rings (SSSR count). The highest BCUT2D eigenvalue weighted by atomic mass is 35.5. The topological polar surface area (TPSA) is 101 Å². The standard InChI is InChI=1S/C14H12ClN5O2S/c1-9-2-7-12(8-13(9)15)23(21,22)18-11-5-3-10(4-6-11)14-16-19-20-17-14/h2-8,18H,1H3,(H,16,17,19,20). The fourth-order valence-electron chi connectivity index (χ4n) is 1.93. The number of aromatic nitrogens is 4. The smallest absolute Gasteiger partial charge is 0.261 e. The zero-order valence-electron chi connectivity index (χ0n) is 12.0. The Balaban J connectivity index is 1.84. The Hall–Kier alpha value is -2.45. The van der Waals surface area contributed by atoms with Crippen molar-refractivity contribution in [2.45, 2.75) is 11.8 Å². The molecule has 0 aliphatic rings. The number of hydrogen-bond acceptors (Lipinski definition) is 5. The number of H-pyrrole nitrogens is 1. The van der Waals surface area contributed by atoms with Crippen LogP contribution in [0.4, 0.5) is 5.69 Å². The average molecular weight is 350 g/mol. The summed E-state index contributed by atoms with van der Waals surface area (Å²) in [5, 5.41) is 13.9. The molecule has 0 atom stereocenters. The van der Waals surface area contributed by atoms with Gasteiger partial charge in [0.2, 0.25) is 5.82 Å². The Bertz CT molecular complexity index is 924. The first-order valence-electron chi connectivity index (χ1n) is 6.58. The van der Waals surface area contributed by atoms with Crippen LogP contribution in [0, 0.1) is 6.92 Å². The zero-order valence-corrected chi connectivity index (χ0v) is 13.6. The lowest BCUT2D eigenvalue weighted by molar-refractivity contribution is 0.601. The minimum absolute atomic E-state index is 0.107. The number of hydrogen-bond donors (Lipinski definition) is 2. The minimum atomic E-state index is -3.70. The van der Waals surface area contributed by atoms with Crippen molar-refractivity contribution in [3.63, 3.8) is 0 Å². The van der Waals surface area contributed by atoms with Gasteiger partial charge >= 0.3 is 0 Å². The second-order valence-corrected chi connectivity index (χ2v) is 6.92. The van der Waals surface area contributed by atoms with E-state index in [4.69, 9.17) is 11.6 Å². The maximum atomic E-state index is 12.4. The second kappa shape index (κ2) is 5.98. The Morgan fingerprint density at radius 3 is 2.48 bits per heavy atom. The molecule has 0 fully saturated rings. The molecule has 0 aliphatic carbocycles. The molecule has 0 aliphatic heterocycles. The largest absolute Gasteiger partial charge is 0.280 e. The SMILES string of the molecule is Cc1ccc(S(=O)(=O)Nc2ccc(-c3nn[nH]n3)cc2)cc1Cl. The van der Waals surface area contributed by atoms with E-state index in [-0.39, 0.29) is 4.90 Å². The number of halogens is 1. The second-order valence-electron chi connectivity index (χ2n) is 4.83. The van der Waals surface area contributed by atoms with Gasteiger partial charge < -0.3 is 0 Å². The number of rotatable bonds is 4. The molecule has 0 amide bonds. The van der Waals surface area contributed by atoms with Crippen molar-refractivity contribution in [3.8, 4) is 11.4 Å². The monoisotopic (exact) mass is 349 g/mol. The van der Waals surface area contributed by atoms with Crippen molar-refractivity contribution >= 4 is 27.3 Å². The van der Waals surface area contributed by atoms with E-state index in [1.807, 2.05) is 6.92 Å². The number of aryl methyl sites for hydroxylation is 1. The molecule has 2 N–H and O–H groups in total. The van der Waals surface area contributed by atoms with Gasteiger partial charge in [0.25, 0.3) is 10.0 Å². The quantitative estimate of drug-likeness (QED) is 0.754. The van der Waals surface area contributed by atoms with E-state index in [0.717, 1.165) is 11.1 Å². The fraction of sp³-hybridized carbons (Fsp3) is 0.0714. The summed E-state index contributed by atoms with van der Waals surface area (Å²) in [6, 6.07) is 11.2. The maximum absolute atomic E-state index is 12.4. The van der Waals surface area contributed by atoms with Gasteiger partial charge in [0.1, 0.15) is 0 Å². The first-order chi connectivity index (χ1) is 11.0. The lowest BCUT2D eigenvalue weighted by Gasteiger charge is -2.09. The summed E-state index contributed by atoms with van der Waals surface area (Å²) in [5.41, 5.74) is 1.96. The van der Waals surface area contributed by atoms with E-state index >= 15 is 0 Å². The van der Waals surface area contributed by atoms with Crippen molar-refractivity contribution in [3.05, 3.63) is 53.1 Å². The summed E-state index contributed by atoms with van der Waals surface area (Å²) in [7, 11) is -3.70. The summed E-state index contributed by atoms with van der Waals surface area (Å²) in [6.07, 6.45) is 0. The van der Waals surface area contributed by atoms with E-state index in [0.29, 0.717) is 16.5 Å². The molecule has 0 radical (unpaired) electrons. The van der Waals surface area contributed by atoms with Crippen LogP contribution in [0.1, 0.15) is 5.56 Å². The number of benzene rings is 2. The molecule has 0 spiro atoms. The minimum Gasteiger partial charge on any atom is -0.280 e. The third-order valence-electron chi connectivity index (χ3n) is 3.19. The van der Waals surface area contributed by atoms with Crippen molar-refractivity contribution in [1.29, 1.82) is 0 Å². The molecule has 0 saturated heterocycles. The van der Waals surface area contributed by atoms with Gasteiger partial charge in [0.15, 0.2) is 0 Å². The van der Waals surface area contributed by atoms with E-state index in [2.05, 4.69) is 25.3 Å². The summed E-state index contributed by atoms with van der Waals surface area (Å²) in [4.78, 5) is 0.107. The van der Waals surface area contributed by atoms with E-state index in [9.17, 15) is 8.42 Å². The van der Waals surface area contributed by atoms with Gasteiger partial charge in [-0.05, 0) is 54.1 Å². The Morgan fingerprint density at radius 1 is 1.13 bits per heavy atom. The number of aromatic amines is 1. The highest BCUT2D eigenvalue weighted by molar-refractivity contribution is 7.92. The molecule has 1 aromatic heterocycles. The van der Waals surface area contributed by atoms with Gasteiger partial charge in [0.05, 0.1) is 4.90 Å². The fourth-order valence-corrected chi connectivity index (χ4v) is 3.26. The number of anilines is 1. The van der Waals surface area contributed by atoms with Crippen molar-refractivity contribution in [2.75, 3.05) is 4.72 Å². The predicted octanol–water partition coefficient (Wildman–Crippen LogP) is 2.63. The third kappa shape index (κ3) is 3.33. The van der Waals surface area contributed by atoms with Gasteiger partial charge in [-0.1, -0.05) is 17.7 Å². The Labute approximate surface area is 137 Å². The summed E-state index contributed by atoms with van der Waals surface area (Å²) >= 11 is 5.99. The Kier molecular flexibility index (Phi) is 4.01. The van der Waals surface area contributed by atoms with Gasteiger partial charge in [0, 0.05) is 16.3 Å². The highest BCUT2D eigenvalue weighted by Gasteiger charge is 2.15. The average Bonchev–Trinajstić information content (AvgIpc) is 3.04. The zero-order chi connectivity index (χ0) is 16.4. The first kappa shape index (κ1) is 15.4. The lowest BCUT2D eigenvalue weighted by Crippen LogP contribution is -2.13. The van der Waals surface area contributed by atoms with Gasteiger partial charge in [-0.2, -0.15) is 5.21 Å². The molecule has 0 bridgehead atoms. The molecular formula is C14H12ClN5O2S. The van der Waals surface area contributed by atoms with Crippen LogP contribution in [0.15, 0.2) is 47.4 Å². The molecule has 0 unspecified atom stereocenters. The number of nitrogens with zero attached hydrogens (tertiary/aromatic N) is 3.